The quantitative estimate of drug-likeness (QED) is 0.101. The van der Waals surface area contributed by atoms with Crippen LogP contribution in [0.1, 0.15) is 181 Å². The Morgan fingerprint density at radius 1 is 0.691 bits per heavy atom. The third-order valence-corrected chi connectivity index (χ3v) is 34.7. The molecule has 0 spiro atoms. The fourth-order valence-corrected chi connectivity index (χ4v) is 21.0. The minimum absolute atomic E-state index is 0.00275. The zero-order valence-corrected chi connectivity index (χ0v) is 55.4. The molecular weight excluding hydrogens is 917 g/mol. The summed E-state index contributed by atoms with van der Waals surface area (Å²) in [6.45, 7) is 69.3. The summed E-state index contributed by atoms with van der Waals surface area (Å²) < 4.78 is 36.0. The second-order valence-corrected chi connectivity index (χ2v) is 53.3. The predicted molar refractivity (Wildman–Crippen MR) is 312 cm³/mol. The first-order valence-electron chi connectivity index (χ1n) is 27.8. The highest BCUT2D eigenvalue weighted by atomic mass is 28.4. The number of hydrogen-bond acceptors (Lipinski definition) is 5. The van der Waals surface area contributed by atoms with Crippen molar-refractivity contribution in [2.75, 3.05) is 0 Å². The fraction of sp³-hybridized carbons (Fsp3) is 0.897. The molecule has 10 heteroatoms. The van der Waals surface area contributed by atoms with Gasteiger partial charge < -0.3 is 22.1 Å². The molecule has 3 fully saturated rings. The maximum atomic E-state index is 7.63. The van der Waals surface area contributed by atoms with Crippen LogP contribution in [0.2, 0.25) is 93.7 Å². The SMILES string of the molecule is C=C1/C(=C\C=C2/CCC[C@@]3(C)C2CCC3C(CCCC(C)(C)O[Si](C)(C)C)CCC(O[Si](C)(C)C(C)(C)C(C)C)C(C)(C)O[Si](C)(C)C)C[C@@H](O[Si](C)(C)C(C)(C)C)C[C@@H]1O[Si](C)(C)C(C)(C)C. The normalized spacial score (nSPS) is 26.8. The molecule has 68 heavy (non-hydrogen) atoms. The van der Waals surface area contributed by atoms with Crippen LogP contribution in [0.25, 0.3) is 0 Å². The molecule has 398 valence electrons. The van der Waals surface area contributed by atoms with Crippen LogP contribution in [0.15, 0.2) is 35.5 Å². The molecular formula is C58H116O5Si5. The molecule has 0 aliphatic heterocycles. The molecule has 0 N–H and O–H groups in total. The molecule has 3 aliphatic rings. The first kappa shape index (κ1) is 62.4. The molecule has 0 saturated heterocycles. The average molecular weight is 1030 g/mol. The first-order chi connectivity index (χ1) is 30.3. The Bertz CT molecular complexity index is 1730. The third-order valence-electron chi connectivity index (χ3n) is 18.9. The standard InChI is InChI=1S/C58H116O5Si5/c1-43(2)57(14,15)68(27,28)61-52(56(12,13)63-65(20,21)22)38-35-46(31-29-39-55(10,11)62-64(17,18)19)50-37-36-49-45(32-30-40-58(49,50)16)33-34-47-41-48(59-66(23,24)53(4,5)6)42-51(44(47)3)60-67(25,26)54(7,8)9/h33-34,43,46,48-52H,3,29-32,35-42H2,1-2,4-28H3/b45-33+,47-34-/t46?,48-,49?,50?,51+,52?,58+/m1/s1. The topological polar surface area (TPSA) is 46.2 Å². The number of allylic oxidation sites excluding steroid dienone is 3. The van der Waals surface area contributed by atoms with E-state index in [1.54, 1.807) is 5.57 Å². The second-order valence-electron chi connectivity index (χ2n) is 30.4. The highest BCUT2D eigenvalue weighted by Crippen LogP contribution is 2.61. The van der Waals surface area contributed by atoms with Crippen LogP contribution in [-0.2, 0) is 22.1 Å². The van der Waals surface area contributed by atoms with Gasteiger partial charge in [0.05, 0.1) is 29.5 Å². The maximum absolute atomic E-state index is 7.63. The molecule has 3 aliphatic carbocycles. The minimum Gasteiger partial charge on any atom is -0.413 e. The molecule has 4 unspecified atom stereocenters. The largest absolute Gasteiger partial charge is 0.413 e. The Hall–Kier alpha value is 0.104. The molecule has 5 nitrogen and oxygen atoms in total. The van der Waals surface area contributed by atoms with E-state index in [0.29, 0.717) is 23.7 Å². The highest BCUT2D eigenvalue weighted by Gasteiger charge is 2.53. The van der Waals surface area contributed by atoms with Crippen molar-refractivity contribution in [1.82, 2.24) is 0 Å². The van der Waals surface area contributed by atoms with Crippen LogP contribution in [0.5, 0.6) is 0 Å². The Morgan fingerprint density at radius 2 is 1.24 bits per heavy atom. The molecule has 0 aromatic heterocycles. The van der Waals surface area contributed by atoms with Crippen molar-refractivity contribution in [3.63, 3.8) is 0 Å². The molecule has 0 aromatic carbocycles. The van der Waals surface area contributed by atoms with Gasteiger partial charge >= 0.3 is 0 Å². The van der Waals surface area contributed by atoms with Gasteiger partial charge in [-0.1, -0.05) is 113 Å². The van der Waals surface area contributed by atoms with E-state index < -0.39 is 41.6 Å². The summed E-state index contributed by atoms with van der Waals surface area (Å²) in [7, 11) is -9.73. The molecule has 0 aromatic rings. The number of rotatable bonds is 22. The summed E-state index contributed by atoms with van der Waals surface area (Å²) in [6.07, 6.45) is 19.3. The van der Waals surface area contributed by atoms with Gasteiger partial charge in [-0.15, -0.1) is 0 Å². The van der Waals surface area contributed by atoms with Crippen molar-refractivity contribution in [2.45, 2.75) is 304 Å². The summed E-state index contributed by atoms with van der Waals surface area (Å²) in [4.78, 5) is 0. The van der Waals surface area contributed by atoms with E-state index in [1.807, 2.05) is 0 Å². The lowest BCUT2D eigenvalue weighted by atomic mass is 9.60. The lowest BCUT2D eigenvalue weighted by molar-refractivity contribution is -0.0373. The molecule has 0 bridgehead atoms. The fourth-order valence-electron chi connectivity index (χ4n) is 12.0. The van der Waals surface area contributed by atoms with E-state index in [1.165, 1.54) is 62.5 Å². The summed E-state index contributed by atoms with van der Waals surface area (Å²) in [6, 6.07) is 0. The molecule has 3 rings (SSSR count). The van der Waals surface area contributed by atoms with E-state index in [4.69, 9.17) is 28.7 Å². The van der Waals surface area contributed by atoms with Crippen LogP contribution in [0.4, 0.5) is 0 Å². The lowest BCUT2D eigenvalue weighted by Gasteiger charge is -2.49. The van der Waals surface area contributed by atoms with Gasteiger partial charge in [-0.3, -0.25) is 0 Å². The molecule has 0 radical (unpaired) electrons. The van der Waals surface area contributed by atoms with Gasteiger partial charge in [0.1, 0.15) is 0 Å². The monoisotopic (exact) mass is 1030 g/mol. The summed E-state index contributed by atoms with van der Waals surface area (Å²) in [5.41, 5.74) is 4.02. The zero-order valence-electron chi connectivity index (χ0n) is 50.4. The van der Waals surface area contributed by atoms with Gasteiger partial charge in [-0.05, 0) is 219 Å². The van der Waals surface area contributed by atoms with Gasteiger partial charge in [0.2, 0.25) is 0 Å². The van der Waals surface area contributed by atoms with Crippen LogP contribution in [-0.4, -0.2) is 71.1 Å². The van der Waals surface area contributed by atoms with Crippen LogP contribution < -0.4 is 0 Å². The van der Waals surface area contributed by atoms with Crippen LogP contribution >= 0.6 is 0 Å². The molecule has 3 saturated carbocycles. The van der Waals surface area contributed by atoms with Crippen molar-refractivity contribution in [1.29, 1.82) is 0 Å². The summed E-state index contributed by atoms with van der Waals surface area (Å²) >= 11 is 0. The van der Waals surface area contributed by atoms with Gasteiger partial charge in [-0.2, -0.15) is 0 Å². The zero-order chi connectivity index (χ0) is 52.7. The van der Waals surface area contributed by atoms with Crippen LogP contribution in [0.3, 0.4) is 0 Å². The average Bonchev–Trinajstić information content (AvgIpc) is 3.46. The summed E-state index contributed by atoms with van der Waals surface area (Å²) in [5.74, 6) is 2.46. The number of hydrogen-bond donors (Lipinski definition) is 0. The first-order valence-corrected chi connectivity index (χ1v) is 43.3. The van der Waals surface area contributed by atoms with E-state index in [2.05, 4.69) is 195 Å². The molecule has 0 heterocycles. The summed E-state index contributed by atoms with van der Waals surface area (Å²) in [5, 5.41) is 0.414. The molecule has 0 amide bonds. The van der Waals surface area contributed by atoms with Gasteiger partial charge in [0.25, 0.3) is 0 Å². The van der Waals surface area contributed by atoms with Crippen LogP contribution in [0, 0.1) is 29.1 Å². The van der Waals surface area contributed by atoms with Crippen molar-refractivity contribution in [2.24, 2.45) is 29.1 Å². The second kappa shape index (κ2) is 22.1. The van der Waals surface area contributed by atoms with Crippen molar-refractivity contribution >= 4 is 41.6 Å². The smallest absolute Gasteiger partial charge is 0.193 e. The van der Waals surface area contributed by atoms with Gasteiger partial charge in [0.15, 0.2) is 41.6 Å². The van der Waals surface area contributed by atoms with Crippen molar-refractivity contribution in [3.05, 3.63) is 35.5 Å². The van der Waals surface area contributed by atoms with E-state index >= 15 is 0 Å². The lowest BCUT2D eigenvalue weighted by Crippen LogP contribution is -2.55. The van der Waals surface area contributed by atoms with E-state index in [-0.39, 0.29) is 50.0 Å². The van der Waals surface area contributed by atoms with Crippen molar-refractivity contribution in [3.8, 4) is 0 Å². The third kappa shape index (κ3) is 16.3. The minimum atomic E-state index is -2.16. The Balaban J connectivity index is 2.07. The van der Waals surface area contributed by atoms with E-state index in [0.717, 1.165) is 25.7 Å². The van der Waals surface area contributed by atoms with Crippen molar-refractivity contribution < 1.29 is 22.1 Å². The van der Waals surface area contributed by atoms with E-state index in [9.17, 15) is 0 Å². The highest BCUT2D eigenvalue weighted by molar-refractivity contribution is 6.75. The Morgan fingerprint density at radius 3 is 1.75 bits per heavy atom. The predicted octanol–water partition coefficient (Wildman–Crippen LogP) is 19.0. The molecule has 7 atom stereocenters. The van der Waals surface area contributed by atoms with Gasteiger partial charge in [-0.25, -0.2) is 0 Å². The number of fused-ring (bicyclic) bond motifs is 1. The maximum Gasteiger partial charge on any atom is 0.193 e. The Labute approximate surface area is 430 Å². The Kier molecular flexibility index (Phi) is 20.3. The van der Waals surface area contributed by atoms with Gasteiger partial charge in [0, 0.05) is 6.42 Å².